The van der Waals surface area contributed by atoms with Crippen LogP contribution in [0.2, 0.25) is 0 Å². The van der Waals surface area contributed by atoms with E-state index < -0.39 is 21.6 Å². The lowest BCUT2D eigenvalue weighted by Gasteiger charge is -2.34. The maximum Gasteiger partial charge on any atom is 0.338 e. The number of ether oxygens (including phenoxy) is 2. The van der Waals surface area contributed by atoms with Crippen LogP contribution in [-0.4, -0.2) is 38.9 Å². The topological polar surface area (TPSA) is 103 Å². The molecule has 180 valence electrons. The van der Waals surface area contributed by atoms with Gasteiger partial charge in [-0.25, -0.2) is 18.0 Å². The van der Waals surface area contributed by atoms with Gasteiger partial charge in [0.1, 0.15) is 17.9 Å². The molecule has 9 heteroatoms. The number of benzene rings is 2. The first kappa shape index (κ1) is 24.0. The third-order valence-electron chi connectivity index (χ3n) is 5.94. The average molecular weight is 486 g/mol. The Kier molecular flexibility index (Phi) is 6.77. The van der Waals surface area contributed by atoms with Crippen LogP contribution in [0.25, 0.3) is 11.0 Å². The SMILES string of the molecule is COc1ccc2c(COC(=O)c3cccc(S(=O)(=O)N4CC(C)CC(C)C4)c3)cc(=O)oc2c1. The number of carbonyl (C=O) groups is 1. The molecule has 8 nitrogen and oxygen atoms in total. The molecular weight excluding hydrogens is 458 g/mol. The summed E-state index contributed by atoms with van der Waals surface area (Å²) in [6.45, 7) is 4.81. The summed E-state index contributed by atoms with van der Waals surface area (Å²) in [4.78, 5) is 24.8. The second kappa shape index (κ2) is 9.60. The summed E-state index contributed by atoms with van der Waals surface area (Å²) in [7, 11) is -2.23. The highest BCUT2D eigenvalue weighted by molar-refractivity contribution is 7.89. The molecule has 2 unspecified atom stereocenters. The lowest BCUT2D eigenvalue weighted by Crippen LogP contribution is -2.42. The molecule has 1 aliphatic rings. The van der Waals surface area contributed by atoms with Crippen molar-refractivity contribution in [2.24, 2.45) is 11.8 Å². The van der Waals surface area contributed by atoms with E-state index in [0.717, 1.165) is 6.42 Å². The summed E-state index contributed by atoms with van der Waals surface area (Å²) in [6, 6.07) is 12.1. The normalized spacial score (nSPS) is 19.1. The van der Waals surface area contributed by atoms with Crippen LogP contribution in [0, 0.1) is 11.8 Å². The van der Waals surface area contributed by atoms with Gasteiger partial charge in [0.15, 0.2) is 0 Å². The van der Waals surface area contributed by atoms with Gasteiger partial charge >= 0.3 is 11.6 Å². The molecule has 0 N–H and O–H groups in total. The maximum absolute atomic E-state index is 13.2. The highest BCUT2D eigenvalue weighted by atomic mass is 32.2. The molecule has 1 aromatic heterocycles. The quantitative estimate of drug-likeness (QED) is 0.386. The van der Waals surface area contributed by atoms with E-state index in [1.807, 2.05) is 13.8 Å². The first-order chi connectivity index (χ1) is 16.2. The number of fused-ring (bicyclic) bond motifs is 1. The predicted molar refractivity (Wildman–Crippen MR) is 126 cm³/mol. The lowest BCUT2D eigenvalue weighted by atomic mass is 9.94. The number of sulfonamides is 1. The summed E-state index contributed by atoms with van der Waals surface area (Å²) in [5.41, 5.74) is 0.330. The Hall–Kier alpha value is -3.17. The Labute approximate surface area is 198 Å². The first-order valence-electron chi connectivity index (χ1n) is 11.1. The highest BCUT2D eigenvalue weighted by Gasteiger charge is 2.32. The molecule has 0 amide bonds. The second-order valence-electron chi connectivity index (χ2n) is 8.82. The molecule has 1 aliphatic heterocycles. The van der Waals surface area contributed by atoms with Gasteiger partial charge in [0.2, 0.25) is 10.0 Å². The summed E-state index contributed by atoms with van der Waals surface area (Å²) >= 11 is 0. The first-order valence-corrected chi connectivity index (χ1v) is 12.5. The van der Waals surface area contributed by atoms with E-state index in [2.05, 4.69) is 0 Å². The number of piperidine rings is 1. The third kappa shape index (κ3) is 5.00. The van der Waals surface area contributed by atoms with E-state index in [9.17, 15) is 18.0 Å². The van der Waals surface area contributed by atoms with E-state index in [1.165, 1.54) is 41.7 Å². The molecule has 2 aromatic carbocycles. The molecule has 1 saturated heterocycles. The minimum Gasteiger partial charge on any atom is -0.497 e. The van der Waals surface area contributed by atoms with Gasteiger partial charge in [-0.2, -0.15) is 4.31 Å². The standard InChI is InChI=1S/C25H27NO7S/c1-16-9-17(2)14-26(13-16)34(29,30)21-6-4-5-18(10-21)25(28)32-15-19-11-24(27)33-23-12-20(31-3)7-8-22(19)23/h4-8,10-12,16-17H,9,13-15H2,1-3H3. The van der Waals surface area contributed by atoms with Gasteiger partial charge < -0.3 is 13.9 Å². The van der Waals surface area contributed by atoms with Crippen LogP contribution in [0.3, 0.4) is 0 Å². The van der Waals surface area contributed by atoms with Crippen molar-refractivity contribution in [2.45, 2.75) is 31.8 Å². The number of hydrogen-bond acceptors (Lipinski definition) is 7. The van der Waals surface area contributed by atoms with Crippen LogP contribution in [0.1, 0.15) is 36.2 Å². The van der Waals surface area contributed by atoms with Gasteiger partial charge in [0, 0.05) is 36.2 Å². The van der Waals surface area contributed by atoms with Gasteiger partial charge in [0.05, 0.1) is 17.6 Å². The third-order valence-corrected chi connectivity index (χ3v) is 7.77. The van der Waals surface area contributed by atoms with E-state index in [1.54, 1.807) is 18.2 Å². The fraction of sp³-hybridized carbons (Fsp3) is 0.360. The van der Waals surface area contributed by atoms with E-state index in [0.29, 0.717) is 35.4 Å². The van der Waals surface area contributed by atoms with Gasteiger partial charge in [-0.3, -0.25) is 0 Å². The molecular formula is C25H27NO7S. The molecule has 2 atom stereocenters. The Bertz CT molecular complexity index is 1370. The minimum atomic E-state index is -3.73. The zero-order valence-corrected chi connectivity index (χ0v) is 20.1. The second-order valence-corrected chi connectivity index (χ2v) is 10.8. The van der Waals surface area contributed by atoms with Crippen molar-refractivity contribution in [1.29, 1.82) is 0 Å². The monoisotopic (exact) mass is 485 g/mol. The summed E-state index contributed by atoms with van der Waals surface area (Å²) in [6.07, 6.45) is 0.984. The zero-order valence-electron chi connectivity index (χ0n) is 19.3. The average Bonchev–Trinajstić information content (AvgIpc) is 2.81. The molecule has 4 rings (SSSR count). The van der Waals surface area contributed by atoms with Crippen molar-refractivity contribution < 1.29 is 27.1 Å². The Morgan fingerprint density at radius 1 is 1.09 bits per heavy atom. The number of carbonyl (C=O) groups excluding carboxylic acids is 1. The number of hydrogen-bond donors (Lipinski definition) is 0. The van der Waals surface area contributed by atoms with E-state index >= 15 is 0 Å². The molecule has 0 bridgehead atoms. The fourth-order valence-electron chi connectivity index (χ4n) is 4.42. The Balaban J connectivity index is 1.54. The number of esters is 1. The van der Waals surface area contributed by atoms with Crippen LogP contribution in [0.15, 0.2) is 62.6 Å². The van der Waals surface area contributed by atoms with Gasteiger partial charge in [-0.05, 0) is 48.6 Å². The number of rotatable bonds is 6. The Morgan fingerprint density at radius 2 is 1.82 bits per heavy atom. The number of methoxy groups -OCH3 is 1. The van der Waals surface area contributed by atoms with Crippen LogP contribution < -0.4 is 10.4 Å². The lowest BCUT2D eigenvalue weighted by molar-refractivity contribution is 0.0473. The minimum absolute atomic E-state index is 0.0566. The molecule has 2 heterocycles. The summed E-state index contributed by atoms with van der Waals surface area (Å²) < 4.78 is 43.6. The van der Waals surface area contributed by atoms with Crippen LogP contribution in [0.4, 0.5) is 0 Å². The van der Waals surface area contributed by atoms with Crippen molar-refractivity contribution in [3.05, 3.63) is 70.1 Å². The van der Waals surface area contributed by atoms with Crippen molar-refractivity contribution in [3.63, 3.8) is 0 Å². The van der Waals surface area contributed by atoms with Gasteiger partial charge in [-0.15, -0.1) is 0 Å². The Morgan fingerprint density at radius 3 is 2.53 bits per heavy atom. The molecule has 0 aliphatic carbocycles. The van der Waals surface area contributed by atoms with E-state index in [-0.39, 0.29) is 28.9 Å². The zero-order chi connectivity index (χ0) is 24.5. The molecule has 34 heavy (non-hydrogen) atoms. The summed E-state index contributed by atoms with van der Waals surface area (Å²) in [5.74, 6) is 0.377. The fourth-order valence-corrected chi connectivity index (χ4v) is 6.14. The van der Waals surface area contributed by atoms with Crippen LogP contribution in [0.5, 0.6) is 5.75 Å². The summed E-state index contributed by atoms with van der Waals surface area (Å²) in [5, 5.41) is 0.609. The van der Waals surface area contributed by atoms with Crippen LogP contribution in [-0.2, 0) is 21.4 Å². The van der Waals surface area contributed by atoms with Gasteiger partial charge in [-0.1, -0.05) is 19.9 Å². The largest absolute Gasteiger partial charge is 0.497 e. The van der Waals surface area contributed by atoms with Crippen molar-refractivity contribution in [3.8, 4) is 5.75 Å². The molecule has 0 saturated carbocycles. The molecule has 3 aromatic rings. The molecule has 0 radical (unpaired) electrons. The van der Waals surface area contributed by atoms with Crippen molar-refractivity contribution in [1.82, 2.24) is 4.31 Å². The highest BCUT2D eigenvalue weighted by Crippen LogP contribution is 2.27. The molecule has 1 fully saturated rings. The number of nitrogens with zero attached hydrogens (tertiary/aromatic N) is 1. The van der Waals surface area contributed by atoms with Crippen LogP contribution >= 0.6 is 0 Å². The van der Waals surface area contributed by atoms with Gasteiger partial charge in [0.25, 0.3) is 0 Å². The van der Waals surface area contributed by atoms with E-state index in [4.69, 9.17) is 13.9 Å². The van der Waals surface area contributed by atoms with Crippen molar-refractivity contribution >= 4 is 27.0 Å². The predicted octanol–water partition coefficient (Wildman–Crippen LogP) is 3.83. The van der Waals surface area contributed by atoms with Crippen molar-refractivity contribution in [2.75, 3.05) is 20.2 Å². The maximum atomic E-state index is 13.2. The molecule has 0 spiro atoms. The smallest absolute Gasteiger partial charge is 0.338 e.